The molecule has 1 aliphatic rings. The topological polar surface area (TPSA) is 50.8 Å². The molecule has 160 valence electrons. The quantitative estimate of drug-likeness (QED) is 0.620. The van der Waals surface area contributed by atoms with Crippen molar-refractivity contribution < 1.29 is 14.3 Å². The predicted octanol–water partition coefficient (Wildman–Crippen LogP) is 4.67. The Morgan fingerprint density at radius 3 is 2.43 bits per heavy atom. The Hall–Kier alpha value is -2.50. The van der Waals surface area contributed by atoms with E-state index in [0.717, 1.165) is 17.7 Å². The van der Waals surface area contributed by atoms with E-state index in [2.05, 4.69) is 34.5 Å². The number of carbonyl (C=O) groups excluding carboxylic acids is 1. The van der Waals surface area contributed by atoms with Crippen LogP contribution in [0, 0.1) is 0 Å². The maximum atomic E-state index is 12.2. The lowest BCUT2D eigenvalue weighted by atomic mass is 10.1. The molecule has 2 aromatic rings. The fraction of sp³-hybridized carbons (Fsp3) is 0.375. The van der Waals surface area contributed by atoms with E-state index in [1.54, 1.807) is 25.3 Å². The molecule has 0 spiro atoms. The van der Waals surface area contributed by atoms with E-state index in [0.29, 0.717) is 23.1 Å². The lowest BCUT2D eigenvalue weighted by Gasteiger charge is -2.26. The molecule has 1 fully saturated rings. The van der Waals surface area contributed by atoms with Crippen molar-refractivity contribution in [1.29, 1.82) is 0 Å². The van der Waals surface area contributed by atoms with Crippen molar-refractivity contribution in [3.63, 3.8) is 0 Å². The summed E-state index contributed by atoms with van der Waals surface area (Å²) in [7, 11) is 3.08. The summed E-state index contributed by atoms with van der Waals surface area (Å²) in [6.07, 6.45) is 7.14. The van der Waals surface area contributed by atoms with E-state index in [-0.39, 0.29) is 5.91 Å². The number of hydrogen-bond donors (Lipinski definition) is 1. The number of piperidine rings is 1. The molecule has 5 nitrogen and oxygen atoms in total. The van der Waals surface area contributed by atoms with E-state index < -0.39 is 0 Å². The van der Waals surface area contributed by atoms with Crippen LogP contribution in [-0.4, -0.2) is 38.1 Å². The smallest absolute Gasteiger partial charge is 0.244 e. The molecule has 1 saturated heterocycles. The molecular formula is C24H29ClN2O3. The Morgan fingerprint density at radius 2 is 1.77 bits per heavy atom. The number of ether oxygens (including phenoxy) is 2. The van der Waals surface area contributed by atoms with Crippen LogP contribution < -0.4 is 14.8 Å². The van der Waals surface area contributed by atoms with Crippen LogP contribution in [0.25, 0.3) is 6.08 Å². The first-order valence-corrected chi connectivity index (χ1v) is 10.6. The average Bonchev–Trinajstić information content (AvgIpc) is 2.77. The average molecular weight is 429 g/mol. The molecule has 1 amide bonds. The van der Waals surface area contributed by atoms with Crippen molar-refractivity contribution in [2.45, 2.75) is 32.4 Å². The lowest BCUT2D eigenvalue weighted by molar-refractivity contribution is -0.116. The van der Waals surface area contributed by atoms with Crippen molar-refractivity contribution >= 4 is 23.6 Å². The van der Waals surface area contributed by atoms with Gasteiger partial charge in [0, 0.05) is 19.2 Å². The Bertz CT molecular complexity index is 875. The van der Waals surface area contributed by atoms with Crippen molar-refractivity contribution in [2.24, 2.45) is 0 Å². The number of amides is 1. The molecule has 0 saturated carbocycles. The van der Waals surface area contributed by atoms with Gasteiger partial charge in [0.2, 0.25) is 5.91 Å². The van der Waals surface area contributed by atoms with Crippen molar-refractivity contribution in [3.8, 4) is 11.5 Å². The first kappa shape index (κ1) is 22.2. The molecule has 6 heteroatoms. The van der Waals surface area contributed by atoms with E-state index in [1.165, 1.54) is 51.1 Å². The molecular weight excluding hydrogens is 400 g/mol. The van der Waals surface area contributed by atoms with E-state index in [9.17, 15) is 4.79 Å². The van der Waals surface area contributed by atoms with Crippen LogP contribution in [0.4, 0.5) is 0 Å². The molecule has 1 aliphatic heterocycles. The third-order valence-corrected chi connectivity index (χ3v) is 5.51. The SMILES string of the molecule is COc1cc(/C=C/C(=O)NCc2ccc(CN3CCCCC3)cc2)cc(Cl)c1OC. The molecule has 0 aliphatic carbocycles. The minimum Gasteiger partial charge on any atom is -0.493 e. The van der Waals surface area contributed by atoms with Gasteiger partial charge >= 0.3 is 0 Å². The highest BCUT2D eigenvalue weighted by Gasteiger charge is 2.11. The van der Waals surface area contributed by atoms with Gasteiger partial charge in [0.25, 0.3) is 0 Å². The van der Waals surface area contributed by atoms with Gasteiger partial charge in [-0.05, 0) is 60.8 Å². The van der Waals surface area contributed by atoms with Crippen LogP contribution in [-0.2, 0) is 17.9 Å². The first-order chi connectivity index (χ1) is 14.6. The summed E-state index contributed by atoms with van der Waals surface area (Å²) >= 11 is 6.20. The largest absolute Gasteiger partial charge is 0.493 e. The van der Waals surface area contributed by atoms with Gasteiger partial charge in [-0.1, -0.05) is 42.3 Å². The maximum absolute atomic E-state index is 12.2. The highest BCUT2D eigenvalue weighted by atomic mass is 35.5. The second-order valence-corrected chi connectivity index (χ2v) is 7.85. The van der Waals surface area contributed by atoms with Crippen molar-refractivity contribution in [1.82, 2.24) is 10.2 Å². The maximum Gasteiger partial charge on any atom is 0.244 e. The number of nitrogens with zero attached hydrogens (tertiary/aromatic N) is 1. The molecule has 0 bridgehead atoms. The first-order valence-electron chi connectivity index (χ1n) is 10.3. The highest BCUT2D eigenvalue weighted by molar-refractivity contribution is 6.32. The summed E-state index contributed by atoms with van der Waals surface area (Å²) in [5, 5.41) is 3.34. The molecule has 0 radical (unpaired) electrons. The molecule has 3 rings (SSSR count). The number of nitrogens with one attached hydrogen (secondary N) is 1. The summed E-state index contributed by atoms with van der Waals surface area (Å²) in [6, 6.07) is 12.0. The monoisotopic (exact) mass is 428 g/mol. The van der Waals surface area contributed by atoms with Crippen LogP contribution in [0.3, 0.4) is 0 Å². The molecule has 0 aromatic heterocycles. The third kappa shape index (κ3) is 6.25. The number of methoxy groups -OCH3 is 2. The van der Waals surface area contributed by atoms with Crippen LogP contribution >= 0.6 is 11.6 Å². The van der Waals surface area contributed by atoms with Crippen LogP contribution in [0.15, 0.2) is 42.5 Å². The second-order valence-electron chi connectivity index (χ2n) is 7.44. The van der Waals surface area contributed by atoms with E-state index in [4.69, 9.17) is 21.1 Å². The van der Waals surface area contributed by atoms with Gasteiger partial charge in [0.05, 0.1) is 19.2 Å². The van der Waals surface area contributed by atoms with Gasteiger partial charge in [-0.2, -0.15) is 0 Å². The molecule has 30 heavy (non-hydrogen) atoms. The molecule has 2 aromatic carbocycles. The van der Waals surface area contributed by atoms with Gasteiger partial charge in [0.1, 0.15) is 0 Å². The Balaban J connectivity index is 1.51. The summed E-state index contributed by atoms with van der Waals surface area (Å²) < 4.78 is 10.5. The Kier molecular flexibility index (Phi) is 8.17. The molecule has 0 unspecified atom stereocenters. The minimum atomic E-state index is -0.168. The summed E-state index contributed by atoms with van der Waals surface area (Å²) in [6.45, 7) is 3.87. The number of hydrogen-bond acceptors (Lipinski definition) is 4. The third-order valence-electron chi connectivity index (χ3n) is 5.23. The standard InChI is InChI=1S/C24H29ClN2O3/c1-29-22-15-20(14-21(25)24(22)30-2)10-11-23(28)26-16-18-6-8-19(9-7-18)17-27-12-4-3-5-13-27/h6-11,14-15H,3-5,12-13,16-17H2,1-2H3,(H,26,28)/b11-10+. The van der Waals surface area contributed by atoms with Gasteiger partial charge in [0.15, 0.2) is 11.5 Å². The van der Waals surface area contributed by atoms with Gasteiger partial charge < -0.3 is 14.8 Å². The van der Waals surface area contributed by atoms with Gasteiger partial charge in [-0.3, -0.25) is 9.69 Å². The number of likely N-dealkylation sites (tertiary alicyclic amines) is 1. The minimum absolute atomic E-state index is 0.168. The summed E-state index contributed by atoms with van der Waals surface area (Å²) in [5.41, 5.74) is 3.15. The zero-order valence-corrected chi connectivity index (χ0v) is 18.4. The van der Waals surface area contributed by atoms with Gasteiger partial charge in [-0.25, -0.2) is 0 Å². The number of rotatable bonds is 8. The number of benzene rings is 2. The second kappa shape index (κ2) is 11.0. The fourth-order valence-electron chi connectivity index (χ4n) is 3.59. The molecule has 0 atom stereocenters. The Morgan fingerprint density at radius 1 is 1.07 bits per heavy atom. The van der Waals surface area contributed by atoms with Crippen molar-refractivity contribution in [2.75, 3.05) is 27.3 Å². The zero-order valence-electron chi connectivity index (χ0n) is 17.6. The normalized spacial score (nSPS) is 14.6. The van der Waals surface area contributed by atoms with E-state index >= 15 is 0 Å². The molecule has 1 N–H and O–H groups in total. The number of halogens is 1. The predicted molar refractivity (Wildman–Crippen MR) is 121 cm³/mol. The van der Waals surface area contributed by atoms with Crippen LogP contribution in [0.1, 0.15) is 36.0 Å². The summed E-state index contributed by atoms with van der Waals surface area (Å²) in [4.78, 5) is 14.7. The zero-order chi connectivity index (χ0) is 21.3. The highest BCUT2D eigenvalue weighted by Crippen LogP contribution is 2.36. The van der Waals surface area contributed by atoms with Crippen molar-refractivity contribution in [3.05, 3.63) is 64.2 Å². The van der Waals surface area contributed by atoms with Gasteiger partial charge in [-0.15, -0.1) is 0 Å². The van der Waals surface area contributed by atoms with Crippen LogP contribution in [0.2, 0.25) is 5.02 Å². The lowest BCUT2D eigenvalue weighted by Crippen LogP contribution is -2.29. The number of carbonyl (C=O) groups is 1. The summed E-state index contributed by atoms with van der Waals surface area (Å²) in [5.74, 6) is 0.831. The van der Waals surface area contributed by atoms with Crippen LogP contribution in [0.5, 0.6) is 11.5 Å². The Labute approximate surface area is 183 Å². The fourth-order valence-corrected chi connectivity index (χ4v) is 3.89. The van der Waals surface area contributed by atoms with E-state index in [1.807, 2.05) is 0 Å². The molecule has 1 heterocycles.